The van der Waals surface area contributed by atoms with Gasteiger partial charge in [0.2, 0.25) is 11.0 Å². The summed E-state index contributed by atoms with van der Waals surface area (Å²) in [6.07, 6.45) is 0. The molecule has 0 bridgehead atoms. The van der Waals surface area contributed by atoms with Crippen molar-refractivity contribution >= 4 is 39.3 Å². The number of aliphatic imine (C=N–C) groups is 1. The number of thiazole rings is 1. The third-order valence-electron chi connectivity index (χ3n) is 2.35. The van der Waals surface area contributed by atoms with Crippen LogP contribution in [0.1, 0.15) is 0 Å². The molecule has 2 heterocycles. The zero-order valence-electron chi connectivity index (χ0n) is 9.29. The van der Waals surface area contributed by atoms with Crippen LogP contribution in [0.4, 0.5) is 5.13 Å². The predicted octanol–water partition coefficient (Wildman–Crippen LogP) is 2.66. The maximum atomic E-state index is 11.0. The van der Waals surface area contributed by atoms with Gasteiger partial charge in [0, 0.05) is 10.9 Å². The van der Waals surface area contributed by atoms with E-state index in [1.165, 1.54) is 23.1 Å². The largest absolute Gasteiger partial charge is 0.304 e. The molecular weight excluding hydrogens is 266 g/mol. The molecule has 6 heteroatoms. The molecule has 0 atom stereocenters. The first-order chi connectivity index (χ1) is 8.81. The van der Waals surface area contributed by atoms with Crippen molar-refractivity contribution < 1.29 is 4.79 Å². The molecule has 1 aromatic carbocycles. The lowest BCUT2D eigenvalue weighted by molar-refractivity contribution is -0.116. The zero-order valence-corrected chi connectivity index (χ0v) is 10.9. The van der Waals surface area contributed by atoms with E-state index < -0.39 is 0 Å². The van der Waals surface area contributed by atoms with Gasteiger partial charge in [-0.05, 0) is 0 Å². The van der Waals surface area contributed by atoms with Gasteiger partial charge in [-0.1, -0.05) is 42.1 Å². The van der Waals surface area contributed by atoms with Crippen molar-refractivity contribution in [2.24, 2.45) is 4.99 Å². The molecule has 1 aliphatic rings. The van der Waals surface area contributed by atoms with E-state index >= 15 is 0 Å². The van der Waals surface area contributed by atoms with Crippen molar-refractivity contribution in [3.63, 3.8) is 0 Å². The number of rotatable bonds is 2. The summed E-state index contributed by atoms with van der Waals surface area (Å²) in [6.45, 7) is 0. The van der Waals surface area contributed by atoms with Gasteiger partial charge in [-0.25, -0.2) is 4.98 Å². The van der Waals surface area contributed by atoms with E-state index in [0.717, 1.165) is 11.3 Å². The van der Waals surface area contributed by atoms with Crippen molar-refractivity contribution in [2.45, 2.75) is 0 Å². The van der Waals surface area contributed by atoms with Crippen LogP contribution in [0.15, 0.2) is 40.7 Å². The summed E-state index contributed by atoms with van der Waals surface area (Å²) < 4.78 is 0. The minimum Gasteiger partial charge on any atom is -0.304 e. The molecule has 1 aromatic heterocycles. The smallest absolute Gasteiger partial charge is 0.236 e. The van der Waals surface area contributed by atoms with E-state index in [4.69, 9.17) is 0 Å². The Morgan fingerprint density at radius 2 is 2.11 bits per heavy atom. The van der Waals surface area contributed by atoms with Crippen LogP contribution in [0, 0.1) is 0 Å². The summed E-state index contributed by atoms with van der Waals surface area (Å²) in [5, 5.41) is 5.96. The number of nitrogens with one attached hydrogen (secondary N) is 1. The lowest BCUT2D eigenvalue weighted by Crippen LogP contribution is -2.19. The van der Waals surface area contributed by atoms with Crippen molar-refractivity contribution in [1.82, 2.24) is 10.3 Å². The fourth-order valence-corrected chi connectivity index (χ4v) is 2.97. The summed E-state index contributed by atoms with van der Waals surface area (Å²) in [7, 11) is 0. The van der Waals surface area contributed by atoms with Gasteiger partial charge in [-0.2, -0.15) is 4.99 Å². The number of aromatic nitrogens is 1. The molecule has 1 saturated heterocycles. The number of carbonyl (C=O) groups excluding carboxylic acids is 1. The number of thioether (sulfide) groups is 1. The molecule has 0 saturated carbocycles. The molecule has 0 unspecified atom stereocenters. The highest BCUT2D eigenvalue weighted by Crippen LogP contribution is 2.27. The Morgan fingerprint density at radius 3 is 2.83 bits per heavy atom. The van der Waals surface area contributed by atoms with Gasteiger partial charge >= 0.3 is 0 Å². The monoisotopic (exact) mass is 275 g/mol. The van der Waals surface area contributed by atoms with Gasteiger partial charge in [-0.15, -0.1) is 11.3 Å². The second-order valence-corrected chi connectivity index (χ2v) is 5.44. The average Bonchev–Trinajstić information content (AvgIpc) is 3.01. The van der Waals surface area contributed by atoms with Crippen molar-refractivity contribution in [3.8, 4) is 11.3 Å². The van der Waals surface area contributed by atoms with Gasteiger partial charge < -0.3 is 5.32 Å². The van der Waals surface area contributed by atoms with Gasteiger partial charge in [0.1, 0.15) is 0 Å². The van der Waals surface area contributed by atoms with Crippen LogP contribution < -0.4 is 5.32 Å². The normalized spacial score (nSPS) is 17.1. The highest BCUT2D eigenvalue weighted by molar-refractivity contribution is 8.15. The fraction of sp³-hybridized carbons (Fsp3) is 0.0833. The molecule has 0 aliphatic carbocycles. The van der Waals surface area contributed by atoms with Crippen LogP contribution in [-0.4, -0.2) is 21.8 Å². The Morgan fingerprint density at radius 1 is 1.28 bits per heavy atom. The zero-order chi connectivity index (χ0) is 12.4. The molecule has 3 rings (SSSR count). The predicted molar refractivity (Wildman–Crippen MR) is 75.2 cm³/mol. The molecule has 0 spiro atoms. The van der Waals surface area contributed by atoms with Crippen LogP contribution in [0.25, 0.3) is 11.3 Å². The molecule has 1 aliphatic heterocycles. The topological polar surface area (TPSA) is 54.4 Å². The number of nitrogens with zero attached hydrogens (tertiary/aromatic N) is 2. The maximum Gasteiger partial charge on any atom is 0.236 e. The van der Waals surface area contributed by atoms with Gasteiger partial charge in [0.25, 0.3) is 0 Å². The molecule has 18 heavy (non-hydrogen) atoms. The summed E-state index contributed by atoms with van der Waals surface area (Å²) >= 11 is 2.88. The second-order valence-electron chi connectivity index (χ2n) is 3.64. The third kappa shape index (κ3) is 2.44. The number of hydrogen-bond donors (Lipinski definition) is 1. The van der Waals surface area contributed by atoms with Crippen molar-refractivity contribution in [2.75, 3.05) is 5.75 Å². The van der Waals surface area contributed by atoms with Crippen molar-refractivity contribution in [1.29, 1.82) is 0 Å². The Balaban J connectivity index is 1.84. The summed E-state index contributed by atoms with van der Waals surface area (Å²) in [5.41, 5.74) is 1.98. The van der Waals surface area contributed by atoms with E-state index in [9.17, 15) is 4.79 Å². The number of carbonyl (C=O) groups is 1. The molecule has 4 nitrogen and oxygen atoms in total. The molecule has 90 valence electrons. The molecule has 1 N–H and O–H groups in total. The molecular formula is C12H9N3OS2. The minimum absolute atomic E-state index is 0.00131. The Kier molecular flexibility index (Phi) is 3.12. The number of amidine groups is 1. The van der Waals surface area contributed by atoms with Crippen LogP contribution in [0.3, 0.4) is 0 Å². The van der Waals surface area contributed by atoms with Crippen LogP contribution in [0.2, 0.25) is 0 Å². The van der Waals surface area contributed by atoms with E-state index in [1.807, 2.05) is 35.7 Å². The van der Waals surface area contributed by atoms with Crippen LogP contribution in [0.5, 0.6) is 0 Å². The first kappa shape index (κ1) is 11.4. The molecule has 0 radical (unpaired) electrons. The van der Waals surface area contributed by atoms with Crippen LogP contribution in [-0.2, 0) is 4.79 Å². The third-order valence-corrected chi connectivity index (χ3v) is 3.95. The quantitative estimate of drug-likeness (QED) is 0.916. The Labute approximate surface area is 112 Å². The number of hydrogen-bond acceptors (Lipinski definition) is 5. The van der Waals surface area contributed by atoms with E-state index in [0.29, 0.717) is 16.1 Å². The second kappa shape index (κ2) is 4.91. The lowest BCUT2D eigenvalue weighted by Gasteiger charge is -1.94. The van der Waals surface area contributed by atoms with E-state index in [2.05, 4.69) is 15.3 Å². The summed E-state index contributed by atoms with van der Waals surface area (Å²) in [5.74, 6) is 0.439. The number of benzene rings is 1. The highest BCUT2D eigenvalue weighted by atomic mass is 32.2. The van der Waals surface area contributed by atoms with E-state index in [1.54, 1.807) is 0 Å². The Bertz CT molecular complexity index is 607. The van der Waals surface area contributed by atoms with Gasteiger partial charge in [0.15, 0.2) is 5.17 Å². The van der Waals surface area contributed by atoms with E-state index in [-0.39, 0.29) is 5.91 Å². The lowest BCUT2D eigenvalue weighted by atomic mass is 10.2. The van der Waals surface area contributed by atoms with Crippen LogP contribution >= 0.6 is 23.1 Å². The summed E-state index contributed by atoms with van der Waals surface area (Å²) in [6, 6.07) is 9.96. The van der Waals surface area contributed by atoms with Gasteiger partial charge in [-0.3, -0.25) is 4.79 Å². The van der Waals surface area contributed by atoms with Gasteiger partial charge in [0.05, 0.1) is 11.4 Å². The average molecular weight is 275 g/mol. The maximum absolute atomic E-state index is 11.0. The molecule has 1 amide bonds. The first-order valence-corrected chi connectivity index (χ1v) is 7.20. The molecule has 1 fully saturated rings. The Hall–Kier alpha value is -1.66. The van der Waals surface area contributed by atoms with Crippen molar-refractivity contribution in [3.05, 3.63) is 35.7 Å². The highest BCUT2D eigenvalue weighted by Gasteiger charge is 2.17. The fourth-order valence-electron chi connectivity index (χ4n) is 1.53. The first-order valence-electron chi connectivity index (χ1n) is 5.33. The SMILES string of the molecule is O=C1CS/C(=N/c2nc(-c3ccccc3)cs2)N1. The number of amides is 1. The standard InChI is InChI=1S/C12H9N3OS2/c16-10-7-18-12(14-10)15-11-13-9(6-17-11)8-4-2-1-3-5-8/h1-6H,7H2,(H,13,14,15,16). The minimum atomic E-state index is -0.00131. The molecule has 2 aromatic rings. The summed E-state index contributed by atoms with van der Waals surface area (Å²) in [4.78, 5) is 19.8.